The van der Waals surface area contributed by atoms with Crippen molar-refractivity contribution < 1.29 is 28.7 Å². The number of aryl methyl sites for hydroxylation is 1. The van der Waals surface area contributed by atoms with Gasteiger partial charge in [-0.1, -0.05) is 23.7 Å². The Labute approximate surface area is 223 Å². The fraction of sp³-hybridized carbons (Fsp3) is 0.308. The monoisotopic (exact) mass is 543 g/mol. The lowest BCUT2D eigenvalue weighted by Crippen LogP contribution is -2.40. The van der Waals surface area contributed by atoms with Crippen molar-refractivity contribution in [1.29, 1.82) is 0 Å². The van der Waals surface area contributed by atoms with E-state index in [-0.39, 0.29) is 29.9 Å². The summed E-state index contributed by atoms with van der Waals surface area (Å²) in [7, 11) is 1.46. The van der Waals surface area contributed by atoms with Gasteiger partial charge >= 0.3 is 0 Å². The molecule has 4 amide bonds. The van der Waals surface area contributed by atoms with E-state index in [4.69, 9.17) is 21.1 Å². The van der Waals surface area contributed by atoms with Gasteiger partial charge in [-0.3, -0.25) is 24.1 Å². The molecule has 2 heterocycles. The number of thioether (sulfide) groups is 1. The maximum atomic E-state index is 12.8. The first-order valence-electron chi connectivity index (χ1n) is 11.6. The van der Waals surface area contributed by atoms with Crippen LogP contribution >= 0.6 is 23.4 Å². The highest BCUT2D eigenvalue weighted by molar-refractivity contribution is 8.18. The second-order valence-corrected chi connectivity index (χ2v) is 9.97. The van der Waals surface area contributed by atoms with Gasteiger partial charge in [0.1, 0.15) is 6.54 Å². The molecule has 2 aromatic rings. The molecular weight excluding hydrogens is 518 g/mol. The van der Waals surface area contributed by atoms with E-state index in [1.165, 1.54) is 7.11 Å². The number of rotatable bonds is 8. The van der Waals surface area contributed by atoms with E-state index in [0.29, 0.717) is 40.9 Å². The molecule has 2 aliphatic heterocycles. The summed E-state index contributed by atoms with van der Waals surface area (Å²) in [5.41, 5.74) is 2.06. The molecule has 2 aromatic carbocycles. The average molecular weight is 544 g/mol. The molecule has 37 heavy (non-hydrogen) atoms. The van der Waals surface area contributed by atoms with E-state index >= 15 is 0 Å². The Balaban J connectivity index is 1.38. The molecule has 194 valence electrons. The van der Waals surface area contributed by atoms with E-state index in [9.17, 15) is 19.2 Å². The van der Waals surface area contributed by atoms with E-state index in [0.717, 1.165) is 35.1 Å². The zero-order valence-electron chi connectivity index (χ0n) is 20.4. The van der Waals surface area contributed by atoms with Crippen LogP contribution in [0.15, 0.2) is 41.3 Å². The number of ether oxygens (including phenoxy) is 2. The Morgan fingerprint density at radius 1 is 1.11 bits per heavy atom. The number of carbonyl (C=O) groups is 4. The van der Waals surface area contributed by atoms with Crippen molar-refractivity contribution in [2.24, 2.45) is 0 Å². The Morgan fingerprint density at radius 2 is 1.86 bits per heavy atom. The Hall–Kier alpha value is -3.50. The molecule has 0 radical (unpaired) electrons. The summed E-state index contributed by atoms with van der Waals surface area (Å²) in [5.74, 6) is -0.416. The second-order valence-electron chi connectivity index (χ2n) is 8.57. The first-order chi connectivity index (χ1) is 17.7. The second kappa shape index (κ2) is 11.7. The molecule has 4 rings (SSSR count). The maximum absolute atomic E-state index is 12.8. The lowest BCUT2D eigenvalue weighted by molar-refractivity contribution is -0.135. The summed E-state index contributed by atoms with van der Waals surface area (Å²) >= 11 is 6.88. The van der Waals surface area contributed by atoms with Gasteiger partial charge in [0, 0.05) is 23.8 Å². The number of halogens is 1. The van der Waals surface area contributed by atoms with Crippen molar-refractivity contribution in [3.05, 3.63) is 57.5 Å². The zero-order chi connectivity index (χ0) is 26.5. The molecule has 0 saturated carbocycles. The predicted molar refractivity (Wildman–Crippen MR) is 142 cm³/mol. The average Bonchev–Trinajstić information content (AvgIpc) is 3.50. The minimum Gasteiger partial charge on any atom is -0.493 e. The number of nitrogens with one attached hydrogen (secondary N) is 1. The Kier molecular flexibility index (Phi) is 8.40. The Morgan fingerprint density at radius 3 is 2.57 bits per heavy atom. The van der Waals surface area contributed by atoms with E-state index in [1.54, 1.807) is 47.4 Å². The lowest BCUT2D eigenvalue weighted by atomic mass is 10.2. The van der Waals surface area contributed by atoms with E-state index in [1.807, 2.05) is 6.92 Å². The van der Waals surface area contributed by atoms with Crippen molar-refractivity contribution >= 4 is 58.1 Å². The first kappa shape index (κ1) is 26.6. The molecule has 0 bridgehead atoms. The molecule has 0 spiro atoms. The number of hydrogen-bond acceptors (Lipinski definition) is 7. The molecule has 2 fully saturated rings. The molecule has 0 atom stereocenters. The topological polar surface area (TPSA) is 105 Å². The van der Waals surface area contributed by atoms with Crippen LogP contribution in [0.25, 0.3) is 6.08 Å². The molecule has 1 N–H and O–H groups in total. The molecular formula is C26H26ClN3O6S. The van der Waals surface area contributed by atoms with Crippen molar-refractivity contribution in [3.8, 4) is 11.5 Å². The molecule has 0 aromatic heterocycles. The standard InChI is InChI=1S/C26H26ClN3O6S/c1-16-5-7-18(13-19(16)27)28-23(31)15-36-20-8-6-17(11-21(20)35-2)12-22-25(33)30(26(34)37-22)14-24(32)29-9-3-4-10-29/h5-8,11-13H,3-4,9-10,14-15H2,1-2H3,(H,28,31)/b22-12-. The van der Waals surface area contributed by atoms with Crippen molar-refractivity contribution in [1.82, 2.24) is 9.80 Å². The summed E-state index contributed by atoms with van der Waals surface area (Å²) in [5, 5.41) is 2.79. The highest BCUT2D eigenvalue weighted by Gasteiger charge is 2.37. The van der Waals surface area contributed by atoms with E-state index < -0.39 is 11.1 Å². The summed E-state index contributed by atoms with van der Waals surface area (Å²) in [6.45, 7) is 2.66. The molecule has 2 saturated heterocycles. The van der Waals surface area contributed by atoms with Gasteiger partial charge in [-0.05, 0) is 73.0 Å². The highest BCUT2D eigenvalue weighted by Crippen LogP contribution is 2.34. The number of hydrogen-bond donors (Lipinski definition) is 1. The smallest absolute Gasteiger partial charge is 0.294 e. The quantitative estimate of drug-likeness (QED) is 0.494. The third-order valence-corrected chi connectivity index (χ3v) is 7.24. The number of amides is 4. The third kappa shape index (κ3) is 6.44. The summed E-state index contributed by atoms with van der Waals surface area (Å²) in [4.78, 5) is 52.8. The van der Waals surface area contributed by atoms with Crippen molar-refractivity contribution in [2.45, 2.75) is 19.8 Å². The van der Waals surface area contributed by atoms with Crippen LogP contribution in [-0.2, 0) is 14.4 Å². The van der Waals surface area contributed by atoms with Crippen molar-refractivity contribution in [2.75, 3.05) is 38.7 Å². The fourth-order valence-corrected chi connectivity index (χ4v) is 4.91. The Bertz CT molecular complexity index is 1270. The minimum atomic E-state index is -0.505. The van der Waals surface area contributed by atoms with Crippen LogP contribution in [0, 0.1) is 6.92 Å². The van der Waals surface area contributed by atoms with Crippen LogP contribution in [0.4, 0.5) is 10.5 Å². The minimum absolute atomic E-state index is 0.214. The first-order valence-corrected chi connectivity index (χ1v) is 12.8. The number of benzene rings is 2. The number of imide groups is 1. The van der Waals surface area contributed by atoms with Gasteiger partial charge in [0.2, 0.25) is 5.91 Å². The molecule has 2 aliphatic rings. The molecule has 0 aliphatic carbocycles. The number of likely N-dealkylation sites (tertiary alicyclic amines) is 1. The lowest BCUT2D eigenvalue weighted by Gasteiger charge is -2.18. The zero-order valence-corrected chi connectivity index (χ0v) is 22.0. The van der Waals surface area contributed by atoms with Crippen LogP contribution in [0.5, 0.6) is 11.5 Å². The summed E-state index contributed by atoms with van der Waals surface area (Å²) in [6, 6.07) is 10.1. The molecule has 9 nitrogen and oxygen atoms in total. The number of anilines is 1. The van der Waals surface area contributed by atoms with Gasteiger partial charge in [-0.15, -0.1) is 0 Å². The third-order valence-electron chi connectivity index (χ3n) is 5.93. The fourth-order valence-electron chi connectivity index (χ4n) is 3.89. The number of carbonyl (C=O) groups excluding carboxylic acids is 4. The van der Waals surface area contributed by atoms with Gasteiger partial charge in [-0.25, -0.2) is 0 Å². The highest BCUT2D eigenvalue weighted by atomic mass is 35.5. The van der Waals surface area contributed by atoms with Crippen LogP contribution in [0.1, 0.15) is 24.0 Å². The molecule has 0 unspecified atom stereocenters. The van der Waals surface area contributed by atoms with Crippen molar-refractivity contribution in [3.63, 3.8) is 0 Å². The van der Waals surface area contributed by atoms with Gasteiger partial charge < -0.3 is 19.7 Å². The number of nitrogens with zero attached hydrogens (tertiary/aromatic N) is 2. The van der Waals surface area contributed by atoms with Crippen LogP contribution in [-0.4, -0.2) is 66.1 Å². The normalized spacial score (nSPS) is 16.5. The van der Waals surface area contributed by atoms with Gasteiger partial charge in [-0.2, -0.15) is 0 Å². The van der Waals surface area contributed by atoms with Gasteiger partial charge in [0.15, 0.2) is 18.1 Å². The van der Waals surface area contributed by atoms with Crippen LogP contribution in [0.3, 0.4) is 0 Å². The van der Waals surface area contributed by atoms with Gasteiger partial charge in [0.05, 0.1) is 12.0 Å². The van der Waals surface area contributed by atoms with E-state index in [2.05, 4.69) is 5.32 Å². The molecule has 11 heteroatoms. The number of methoxy groups -OCH3 is 1. The maximum Gasteiger partial charge on any atom is 0.294 e. The summed E-state index contributed by atoms with van der Waals surface area (Å²) < 4.78 is 11.0. The largest absolute Gasteiger partial charge is 0.493 e. The SMILES string of the molecule is COc1cc(/C=C2\SC(=O)N(CC(=O)N3CCCC3)C2=O)ccc1OCC(=O)Nc1ccc(C)c(Cl)c1. The predicted octanol–water partition coefficient (Wildman–Crippen LogP) is 4.33. The van der Waals surface area contributed by atoms with Crippen LogP contribution in [0.2, 0.25) is 5.02 Å². The van der Waals surface area contributed by atoms with Crippen LogP contribution < -0.4 is 14.8 Å². The van der Waals surface area contributed by atoms with Gasteiger partial charge in [0.25, 0.3) is 17.1 Å². The summed E-state index contributed by atoms with van der Waals surface area (Å²) in [6.07, 6.45) is 3.42.